The number of aliphatic hydroxyl groups is 1. The molecule has 5 nitrogen and oxygen atoms in total. The van der Waals surface area contributed by atoms with Gasteiger partial charge < -0.3 is 20.3 Å². The monoisotopic (exact) mass is 292 g/mol. The lowest BCUT2D eigenvalue weighted by Gasteiger charge is -2.13. The molecule has 0 aliphatic carbocycles. The minimum atomic E-state index is -0.443. The molecule has 6 heteroatoms. The molecule has 1 aromatic heterocycles. The normalized spacial score (nSPS) is 10.5. The van der Waals surface area contributed by atoms with Crippen LogP contribution in [0.3, 0.4) is 0 Å². The van der Waals surface area contributed by atoms with Crippen LogP contribution in [0.5, 0.6) is 11.5 Å². The number of aromatic nitrogens is 1. The summed E-state index contributed by atoms with van der Waals surface area (Å²) in [6.07, 6.45) is 1.53. The summed E-state index contributed by atoms with van der Waals surface area (Å²) >= 11 is 0. The van der Waals surface area contributed by atoms with Gasteiger partial charge in [-0.05, 0) is 19.1 Å². The Morgan fingerprint density at radius 2 is 2.14 bits per heavy atom. The smallest absolute Gasteiger partial charge is 0.165 e. The van der Waals surface area contributed by atoms with Gasteiger partial charge >= 0.3 is 0 Å². The van der Waals surface area contributed by atoms with Gasteiger partial charge in [-0.15, -0.1) is 0 Å². The fraction of sp³-hybridized carbons (Fsp3) is 0.267. The SMILES string of the molecule is COc1cc(NCc2c(CO)cnc(C)c2O)ccc1F. The molecule has 1 aromatic carbocycles. The Bertz CT molecular complexity index is 647. The van der Waals surface area contributed by atoms with Gasteiger partial charge in [-0.2, -0.15) is 0 Å². The number of benzene rings is 1. The van der Waals surface area contributed by atoms with E-state index >= 15 is 0 Å². The van der Waals surface area contributed by atoms with Gasteiger partial charge in [-0.25, -0.2) is 4.39 Å². The fourth-order valence-corrected chi connectivity index (χ4v) is 1.98. The lowest BCUT2D eigenvalue weighted by Crippen LogP contribution is -2.06. The van der Waals surface area contributed by atoms with E-state index in [1.807, 2.05) is 0 Å². The molecule has 0 aliphatic heterocycles. The Morgan fingerprint density at radius 1 is 1.38 bits per heavy atom. The molecule has 2 rings (SSSR count). The van der Waals surface area contributed by atoms with Crippen molar-refractivity contribution in [1.29, 1.82) is 0 Å². The number of pyridine rings is 1. The quantitative estimate of drug-likeness (QED) is 0.789. The Morgan fingerprint density at radius 3 is 2.81 bits per heavy atom. The molecule has 0 aliphatic rings. The number of ether oxygens (including phenoxy) is 1. The second-order valence-corrected chi connectivity index (χ2v) is 4.56. The highest BCUT2D eigenvalue weighted by Gasteiger charge is 2.11. The largest absolute Gasteiger partial charge is 0.506 e. The van der Waals surface area contributed by atoms with Crippen LogP contribution in [-0.2, 0) is 13.2 Å². The minimum absolute atomic E-state index is 0.0446. The highest BCUT2D eigenvalue weighted by atomic mass is 19.1. The van der Waals surface area contributed by atoms with Crippen molar-refractivity contribution in [3.63, 3.8) is 0 Å². The van der Waals surface area contributed by atoms with Gasteiger partial charge in [0.1, 0.15) is 5.75 Å². The number of aliphatic hydroxyl groups excluding tert-OH is 1. The molecule has 0 spiro atoms. The summed E-state index contributed by atoms with van der Waals surface area (Å²) in [5.74, 6) is -0.262. The molecule has 2 aromatic rings. The van der Waals surface area contributed by atoms with Crippen molar-refractivity contribution in [3.8, 4) is 11.5 Å². The first kappa shape index (κ1) is 15.1. The van der Waals surface area contributed by atoms with E-state index in [0.29, 0.717) is 22.5 Å². The molecule has 3 N–H and O–H groups in total. The van der Waals surface area contributed by atoms with Crippen molar-refractivity contribution < 1.29 is 19.3 Å². The molecule has 1 heterocycles. The zero-order valence-electron chi connectivity index (χ0n) is 11.9. The maximum Gasteiger partial charge on any atom is 0.165 e. The third-order valence-electron chi connectivity index (χ3n) is 3.22. The number of hydrogen-bond donors (Lipinski definition) is 3. The Kier molecular flexibility index (Phi) is 4.59. The summed E-state index contributed by atoms with van der Waals surface area (Å²) in [5.41, 5.74) is 2.24. The minimum Gasteiger partial charge on any atom is -0.506 e. The van der Waals surface area contributed by atoms with E-state index < -0.39 is 5.82 Å². The van der Waals surface area contributed by atoms with Crippen molar-refractivity contribution in [3.05, 3.63) is 47.0 Å². The second kappa shape index (κ2) is 6.41. The van der Waals surface area contributed by atoms with E-state index in [-0.39, 0.29) is 24.7 Å². The first-order chi connectivity index (χ1) is 10.1. The van der Waals surface area contributed by atoms with Crippen LogP contribution in [0.1, 0.15) is 16.8 Å². The molecule has 0 saturated carbocycles. The van der Waals surface area contributed by atoms with E-state index in [2.05, 4.69) is 10.3 Å². The number of nitrogens with zero attached hydrogens (tertiary/aromatic N) is 1. The number of aryl methyl sites for hydroxylation is 1. The fourth-order valence-electron chi connectivity index (χ4n) is 1.98. The number of nitrogens with one attached hydrogen (secondary N) is 1. The van der Waals surface area contributed by atoms with Crippen molar-refractivity contribution in [1.82, 2.24) is 4.98 Å². The summed E-state index contributed by atoms with van der Waals surface area (Å²) in [6, 6.07) is 4.40. The molecule has 112 valence electrons. The van der Waals surface area contributed by atoms with E-state index in [0.717, 1.165) is 0 Å². The number of hydrogen-bond acceptors (Lipinski definition) is 5. The molecule has 21 heavy (non-hydrogen) atoms. The zero-order valence-corrected chi connectivity index (χ0v) is 11.9. The van der Waals surface area contributed by atoms with Gasteiger partial charge in [0.25, 0.3) is 0 Å². The molecule has 0 radical (unpaired) electrons. The van der Waals surface area contributed by atoms with Crippen LogP contribution in [0.2, 0.25) is 0 Å². The number of rotatable bonds is 5. The first-order valence-electron chi connectivity index (χ1n) is 6.41. The van der Waals surface area contributed by atoms with Gasteiger partial charge in [0.2, 0.25) is 0 Å². The average Bonchev–Trinajstić information content (AvgIpc) is 2.50. The highest BCUT2D eigenvalue weighted by molar-refractivity contribution is 5.51. The van der Waals surface area contributed by atoms with Crippen molar-refractivity contribution >= 4 is 5.69 Å². The van der Waals surface area contributed by atoms with Crippen LogP contribution < -0.4 is 10.1 Å². The number of methoxy groups -OCH3 is 1. The van der Waals surface area contributed by atoms with Gasteiger partial charge in [0.15, 0.2) is 11.6 Å². The molecule has 0 fully saturated rings. The molecule has 0 amide bonds. The van der Waals surface area contributed by atoms with E-state index in [1.54, 1.807) is 13.0 Å². The summed E-state index contributed by atoms with van der Waals surface area (Å²) < 4.78 is 18.2. The summed E-state index contributed by atoms with van der Waals surface area (Å²) in [5, 5.41) is 22.4. The maximum atomic E-state index is 13.3. The predicted octanol–water partition coefficient (Wildman–Crippen LogP) is 2.35. The second-order valence-electron chi connectivity index (χ2n) is 4.56. The molecule has 0 saturated heterocycles. The zero-order chi connectivity index (χ0) is 15.4. The predicted molar refractivity (Wildman–Crippen MR) is 76.8 cm³/mol. The molecular formula is C15H17FN2O3. The number of halogens is 1. The van der Waals surface area contributed by atoms with Gasteiger partial charge in [-0.3, -0.25) is 4.98 Å². The van der Waals surface area contributed by atoms with Gasteiger partial charge in [-0.1, -0.05) is 0 Å². The highest BCUT2D eigenvalue weighted by Crippen LogP contribution is 2.26. The van der Waals surface area contributed by atoms with Gasteiger partial charge in [0.05, 0.1) is 19.4 Å². The summed E-state index contributed by atoms with van der Waals surface area (Å²) in [4.78, 5) is 4.00. The molecule has 0 bridgehead atoms. The number of aromatic hydroxyl groups is 1. The summed E-state index contributed by atoms with van der Waals surface area (Å²) in [6.45, 7) is 1.74. The van der Waals surface area contributed by atoms with E-state index in [9.17, 15) is 14.6 Å². The van der Waals surface area contributed by atoms with E-state index in [1.165, 1.54) is 25.4 Å². The van der Waals surface area contributed by atoms with Crippen LogP contribution in [0.15, 0.2) is 24.4 Å². The number of anilines is 1. The van der Waals surface area contributed by atoms with Crippen LogP contribution >= 0.6 is 0 Å². The van der Waals surface area contributed by atoms with Crippen LogP contribution in [0, 0.1) is 12.7 Å². The average molecular weight is 292 g/mol. The molecular weight excluding hydrogens is 275 g/mol. The van der Waals surface area contributed by atoms with Crippen LogP contribution in [-0.4, -0.2) is 22.3 Å². The topological polar surface area (TPSA) is 74.6 Å². The molecule has 0 atom stereocenters. The van der Waals surface area contributed by atoms with Crippen LogP contribution in [0.25, 0.3) is 0 Å². The van der Waals surface area contributed by atoms with Crippen molar-refractivity contribution in [2.45, 2.75) is 20.1 Å². The Balaban J connectivity index is 2.22. The Labute approximate surface area is 122 Å². The van der Waals surface area contributed by atoms with Crippen LogP contribution in [0.4, 0.5) is 10.1 Å². The third kappa shape index (κ3) is 3.22. The van der Waals surface area contributed by atoms with E-state index in [4.69, 9.17) is 4.74 Å². The van der Waals surface area contributed by atoms with Crippen molar-refractivity contribution in [2.75, 3.05) is 12.4 Å². The van der Waals surface area contributed by atoms with Gasteiger partial charge in [0, 0.05) is 35.6 Å². The maximum absolute atomic E-state index is 13.3. The lowest BCUT2D eigenvalue weighted by atomic mass is 10.1. The third-order valence-corrected chi connectivity index (χ3v) is 3.22. The summed E-state index contributed by atoms with van der Waals surface area (Å²) in [7, 11) is 1.39. The van der Waals surface area contributed by atoms with Crippen molar-refractivity contribution in [2.24, 2.45) is 0 Å². The lowest BCUT2D eigenvalue weighted by molar-refractivity contribution is 0.279. The molecule has 0 unspecified atom stereocenters. The Hall–Kier alpha value is -2.34. The standard InChI is InChI=1S/C15H17FN2O3/c1-9-15(20)12(10(8-19)6-17-9)7-18-11-3-4-13(16)14(5-11)21-2/h3-6,18-20H,7-8H2,1-2H3. The first-order valence-corrected chi connectivity index (χ1v) is 6.41.